The molecule has 2 heteroatoms. The van der Waals surface area contributed by atoms with Crippen LogP contribution in [0.3, 0.4) is 0 Å². The zero-order valence-corrected chi connectivity index (χ0v) is 5.09. The summed E-state index contributed by atoms with van der Waals surface area (Å²) in [5.74, 6) is -0.678. The fourth-order valence-corrected chi connectivity index (χ4v) is 0.973. The normalized spacial score (nSPS) is 26.9. The second-order valence-electron chi connectivity index (χ2n) is 2.17. The molecule has 0 saturated heterocycles. The lowest BCUT2D eigenvalue weighted by Gasteiger charge is -1.92. The Morgan fingerprint density at radius 1 is 1.56 bits per heavy atom. The number of rotatable bonds is 1. The summed E-state index contributed by atoms with van der Waals surface area (Å²) in [5.41, 5.74) is 0. The highest BCUT2D eigenvalue weighted by Crippen LogP contribution is 2.18. The van der Waals surface area contributed by atoms with Gasteiger partial charge in [-0.25, -0.2) is 0 Å². The SMILES string of the molecule is C=CC1CCC(=O)C1=O. The zero-order chi connectivity index (χ0) is 6.85. The van der Waals surface area contributed by atoms with Gasteiger partial charge in [-0.15, -0.1) is 6.58 Å². The van der Waals surface area contributed by atoms with E-state index in [9.17, 15) is 9.59 Å². The maximum absolute atomic E-state index is 10.7. The quantitative estimate of drug-likeness (QED) is 0.381. The first kappa shape index (κ1) is 6.20. The molecule has 2 nitrogen and oxygen atoms in total. The maximum Gasteiger partial charge on any atom is 0.205 e. The number of allylic oxidation sites excluding steroid dienone is 1. The van der Waals surface area contributed by atoms with Gasteiger partial charge in [-0.2, -0.15) is 0 Å². The number of ketones is 2. The fraction of sp³-hybridized carbons (Fsp3) is 0.429. The molecule has 0 aromatic carbocycles. The smallest absolute Gasteiger partial charge is 0.205 e. The minimum atomic E-state index is -0.259. The van der Waals surface area contributed by atoms with Crippen molar-refractivity contribution >= 4 is 11.6 Å². The van der Waals surface area contributed by atoms with Gasteiger partial charge in [-0.05, 0) is 6.42 Å². The zero-order valence-electron chi connectivity index (χ0n) is 5.09. The average Bonchev–Trinajstić information content (AvgIpc) is 2.15. The Balaban J connectivity index is 2.73. The van der Waals surface area contributed by atoms with Gasteiger partial charge in [0.15, 0.2) is 5.78 Å². The van der Waals surface area contributed by atoms with Crippen molar-refractivity contribution in [3.63, 3.8) is 0 Å². The summed E-state index contributed by atoms with van der Waals surface area (Å²) >= 11 is 0. The van der Waals surface area contributed by atoms with Crippen LogP contribution >= 0.6 is 0 Å². The standard InChI is InChI=1S/C7H8O2/c1-2-5-3-4-6(8)7(5)9/h2,5H,1,3-4H2. The topological polar surface area (TPSA) is 34.1 Å². The summed E-state index contributed by atoms with van der Waals surface area (Å²) in [6.07, 6.45) is 2.63. The van der Waals surface area contributed by atoms with E-state index in [0.717, 1.165) is 0 Å². The van der Waals surface area contributed by atoms with Crippen molar-refractivity contribution in [2.75, 3.05) is 0 Å². The molecule has 0 aromatic heterocycles. The lowest BCUT2D eigenvalue weighted by atomic mass is 10.1. The Morgan fingerprint density at radius 2 is 2.22 bits per heavy atom. The highest BCUT2D eigenvalue weighted by molar-refractivity contribution is 6.40. The van der Waals surface area contributed by atoms with Crippen molar-refractivity contribution < 1.29 is 9.59 Å². The van der Waals surface area contributed by atoms with Gasteiger partial charge in [0.2, 0.25) is 5.78 Å². The molecule has 48 valence electrons. The third kappa shape index (κ3) is 0.922. The predicted octanol–water partition coefficient (Wildman–Crippen LogP) is 0.721. The molecule has 1 fully saturated rings. The molecule has 0 radical (unpaired) electrons. The maximum atomic E-state index is 10.7. The molecule has 1 unspecified atom stereocenters. The van der Waals surface area contributed by atoms with Crippen molar-refractivity contribution in [3.8, 4) is 0 Å². The van der Waals surface area contributed by atoms with Gasteiger partial charge in [-0.1, -0.05) is 6.08 Å². The fourth-order valence-electron chi connectivity index (χ4n) is 0.973. The number of hydrogen-bond acceptors (Lipinski definition) is 2. The van der Waals surface area contributed by atoms with E-state index < -0.39 is 0 Å². The Kier molecular flexibility index (Phi) is 1.47. The van der Waals surface area contributed by atoms with Crippen molar-refractivity contribution in [2.45, 2.75) is 12.8 Å². The van der Waals surface area contributed by atoms with Gasteiger partial charge < -0.3 is 0 Å². The Hall–Kier alpha value is -0.920. The van der Waals surface area contributed by atoms with Gasteiger partial charge in [0, 0.05) is 12.3 Å². The van der Waals surface area contributed by atoms with E-state index in [-0.39, 0.29) is 17.5 Å². The molecule has 1 aliphatic carbocycles. The minimum Gasteiger partial charge on any atom is -0.291 e. The first-order valence-corrected chi connectivity index (χ1v) is 2.95. The van der Waals surface area contributed by atoms with Crippen molar-refractivity contribution in [2.24, 2.45) is 5.92 Å². The lowest BCUT2D eigenvalue weighted by Crippen LogP contribution is -2.10. The molecule has 9 heavy (non-hydrogen) atoms. The summed E-state index contributed by atoms with van der Waals surface area (Å²) in [4.78, 5) is 21.3. The molecule has 0 aromatic rings. The van der Waals surface area contributed by atoms with Gasteiger partial charge >= 0.3 is 0 Å². The lowest BCUT2D eigenvalue weighted by molar-refractivity contribution is -0.135. The van der Waals surface area contributed by atoms with Crippen LogP contribution in [0.1, 0.15) is 12.8 Å². The van der Waals surface area contributed by atoms with Crippen LogP contribution < -0.4 is 0 Å². The summed E-state index contributed by atoms with van der Waals surface area (Å²) < 4.78 is 0. The third-order valence-electron chi connectivity index (χ3n) is 1.58. The predicted molar refractivity (Wildman–Crippen MR) is 32.9 cm³/mol. The Morgan fingerprint density at radius 3 is 2.44 bits per heavy atom. The number of carbonyl (C=O) groups excluding carboxylic acids is 2. The van der Waals surface area contributed by atoms with E-state index in [4.69, 9.17) is 0 Å². The van der Waals surface area contributed by atoms with Crippen molar-refractivity contribution in [1.29, 1.82) is 0 Å². The van der Waals surface area contributed by atoms with Crippen LogP contribution in [0.4, 0.5) is 0 Å². The van der Waals surface area contributed by atoms with Crippen LogP contribution in [0.2, 0.25) is 0 Å². The van der Waals surface area contributed by atoms with Crippen LogP contribution in [0, 0.1) is 5.92 Å². The van der Waals surface area contributed by atoms with E-state index in [0.29, 0.717) is 12.8 Å². The molecule has 1 saturated carbocycles. The van der Waals surface area contributed by atoms with E-state index >= 15 is 0 Å². The summed E-state index contributed by atoms with van der Waals surface area (Å²) in [7, 11) is 0. The molecule has 1 atom stereocenters. The van der Waals surface area contributed by atoms with Gasteiger partial charge in [0.25, 0.3) is 0 Å². The van der Waals surface area contributed by atoms with E-state index in [1.54, 1.807) is 6.08 Å². The summed E-state index contributed by atoms with van der Waals surface area (Å²) in [5, 5.41) is 0. The van der Waals surface area contributed by atoms with Gasteiger partial charge in [-0.3, -0.25) is 9.59 Å². The van der Waals surface area contributed by atoms with Crippen molar-refractivity contribution in [3.05, 3.63) is 12.7 Å². The molecule has 0 N–H and O–H groups in total. The Bertz CT molecular complexity index is 170. The number of hydrogen-bond donors (Lipinski definition) is 0. The first-order valence-electron chi connectivity index (χ1n) is 2.95. The van der Waals surface area contributed by atoms with E-state index in [1.165, 1.54) is 0 Å². The number of Topliss-reactive ketones (excluding diaryl/α,β-unsaturated/α-hetero) is 2. The summed E-state index contributed by atoms with van der Waals surface area (Å²) in [6.45, 7) is 3.45. The molecular formula is C7H8O2. The van der Waals surface area contributed by atoms with E-state index in [1.807, 2.05) is 0 Å². The second kappa shape index (κ2) is 2.13. The highest BCUT2D eigenvalue weighted by atomic mass is 16.2. The van der Waals surface area contributed by atoms with Crippen LogP contribution in [-0.4, -0.2) is 11.6 Å². The van der Waals surface area contributed by atoms with E-state index in [2.05, 4.69) is 6.58 Å². The molecule has 0 heterocycles. The molecule has 0 bridgehead atoms. The first-order chi connectivity index (χ1) is 4.25. The number of carbonyl (C=O) groups is 2. The van der Waals surface area contributed by atoms with Gasteiger partial charge in [0.05, 0.1) is 0 Å². The van der Waals surface area contributed by atoms with Crippen LogP contribution in [-0.2, 0) is 9.59 Å². The molecule has 1 aliphatic rings. The van der Waals surface area contributed by atoms with Crippen molar-refractivity contribution in [1.82, 2.24) is 0 Å². The third-order valence-corrected chi connectivity index (χ3v) is 1.58. The average molecular weight is 124 g/mol. The van der Waals surface area contributed by atoms with Crippen LogP contribution in [0.15, 0.2) is 12.7 Å². The molecule has 1 rings (SSSR count). The Labute approximate surface area is 53.6 Å². The second-order valence-corrected chi connectivity index (χ2v) is 2.17. The monoisotopic (exact) mass is 124 g/mol. The molecule has 0 amide bonds. The molecular weight excluding hydrogens is 116 g/mol. The molecule has 0 spiro atoms. The van der Waals surface area contributed by atoms with Crippen LogP contribution in [0.5, 0.6) is 0 Å². The largest absolute Gasteiger partial charge is 0.291 e. The van der Waals surface area contributed by atoms with Gasteiger partial charge in [0.1, 0.15) is 0 Å². The summed E-state index contributed by atoms with van der Waals surface area (Å²) in [6, 6.07) is 0. The highest BCUT2D eigenvalue weighted by Gasteiger charge is 2.29. The molecule has 0 aliphatic heterocycles. The van der Waals surface area contributed by atoms with Crippen LogP contribution in [0.25, 0.3) is 0 Å². The minimum absolute atomic E-state index is 0.183.